The van der Waals surface area contributed by atoms with Crippen molar-refractivity contribution in [3.63, 3.8) is 0 Å². The van der Waals surface area contributed by atoms with Crippen LogP contribution in [-0.2, 0) is 11.3 Å². The Hall–Kier alpha value is -2.17. The molecule has 10 heteroatoms. The van der Waals surface area contributed by atoms with E-state index in [0.29, 0.717) is 11.7 Å². The Morgan fingerprint density at radius 3 is 2.81 bits per heavy atom. The van der Waals surface area contributed by atoms with E-state index in [9.17, 15) is 9.18 Å². The van der Waals surface area contributed by atoms with Gasteiger partial charge in [-0.25, -0.2) is 19.3 Å². The molecule has 1 aliphatic heterocycles. The average molecular weight is 394 g/mol. The molecule has 0 bridgehead atoms. The van der Waals surface area contributed by atoms with Crippen molar-refractivity contribution in [2.75, 3.05) is 45.2 Å². The van der Waals surface area contributed by atoms with E-state index in [2.05, 4.69) is 37.1 Å². The largest absolute Gasteiger partial charge is 0.463 e. The van der Waals surface area contributed by atoms with Crippen LogP contribution in [0, 0.1) is 11.7 Å². The summed E-state index contributed by atoms with van der Waals surface area (Å²) in [7, 11) is 2.09. The van der Waals surface area contributed by atoms with Crippen molar-refractivity contribution >= 4 is 22.4 Å². The van der Waals surface area contributed by atoms with E-state index >= 15 is 0 Å². The number of halogens is 1. The predicted molar refractivity (Wildman–Crippen MR) is 100 cm³/mol. The van der Waals surface area contributed by atoms with Gasteiger partial charge in [0.25, 0.3) is 0 Å². The van der Waals surface area contributed by atoms with E-state index in [0.717, 1.165) is 50.0 Å². The van der Waals surface area contributed by atoms with E-state index in [1.807, 2.05) is 6.20 Å². The summed E-state index contributed by atoms with van der Waals surface area (Å²) >= 11 is 1.49. The molecule has 3 heterocycles. The summed E-state index contributed by atoms with van der Waals surface area (Å²) in [6.45, 7) is 6.37. The monoisotopic (exact) mass is 394 g/mol. The summed E-state index contributed by atoms with van der Waals surface area (Å²) in [4.78, 5) is 28.8. The fourth-order valence-electron chi connectivity index (χ4n) is 2.98. The minimum atomic E-state index is -0.481. The number of rotatable bonds is 6. The number of ether oxygens (including phenoxy) is 1. The molecule has 0 aliphatic carbocycles. The Morgan fingerprint density at radius 2 is 2.07 bits per heavy atom. The number of thiazole rings is 1. The van der Waals surface area contributed by atoms with Gasteiger partial charge in [-0.2, -0.15) is 0 Å². The van der Waals surface area contributed by atoms with Crippen LogP contribution in [-0.4, -0.2) is 70.5 Å². The number of hydrogen-bond donors (Lipinski definition) is 1. The topological polar surface area (TPSA) is 83.5 Å². The molecule has 1 unspecified atom stereocenters. The molecule has 1 N–H and O–H groups in total. The molecule has 2 aromatic rings. The first kappa shape index (κ1) is 19.6. The zero-order valence-electron chi connectivity index (χ0n) is 15.4. The van der Waals surface area contributed by atoms with Gasteiger partial charge in [-0.15, -0.1) is 11.3 Å². The normalized spacial score (nSPS) is 18.9. The quantitative estimate of drug-likeness (QED) is 0.794. The minimum Gasteiger partial charge on any atom is -0.463 e. The number of amides is 1. The second-order valence-electron chi connectivity index (χ2n) is 6.67. The molecular formula is C17H23FN6O2S. The van der Waals surface area contributed by atoms with Gasteiger partial charge in [-0.1, -0.05) is 0 Å². The van der Waals surface area contributed by atoms with Crippen LogP contribution in [0.1, 0.15) is 11.8 Å². The lowest BCUT2D eigenvalue weighted by atomic mass is 10.1. The number of anilines is 1. The van der Waals surface area contributed by atoms with Gasteiger partial charge in [0.2, 0.25) is 5.91 Å². The van der Waals surface area contributed by atoms with Crippen LogP contribution in [0.2, 0.25) is 0 Å². The predicted octanol–water partition coefficient (Wildman–Crippen LogP) is 1.47. The smallest absolute Gasteiger partial charge is 0.316 e. The standard InChI is InChI=1S/C17H23FN6O2S/c1-12(25)22-17-21-7-15(27-17)10-24-4-3-23(2)8-13(9-24)11-26-16-19-5-14(18)6-20-16/h5-7,13H,3-4,8-11H2,1-2H3,(H,21,22,25). The summed E-state index contributed by atoms with van der Waals surface area (Å²) in [6.07, 6.45) is 4.01. The maximum atomic E-state index is 12.9. The summed E-state index contributed by atoms with van der Waals surface area (Å²) in [5, 5.41) is 3.34. The molecule has 1 amide bonds. The summed E-state index contributed by atoms with van der Waals surface area (Å²) in [6, 6.07) is 0.192. The van der Waals surface area contributed by atoms with Crippen LogP contribution in [0.3, 0.4) is 0 Å². The Bertz CT molecular complexity index is 756. The van der Waals surface area contributed by atoms with Gasteiger partial charge in [0.15, 0.2) is 10.9 Å². The lowest BCUT2D eigenvalue weighted by Crippen LogP contribution is -2.32. The molecule has 0 aromatic carbocycles. The van der Waals surface area contributed by atoms with Gasteiger partial charge in [0, 0.05) is 56.6 Å². The van der Waals surface area contributed by atoms with Crippen molar-refractivity contribution in [1.82, 2.24) is 24.8 Å². The highest BCUT2D eigenvalue weighted by Gasteiger charge is 2.22. The number of hydrogen-bond acceptors (Lipinski definition) is 8. The molecule has 146 valence electrons. The second kappa shape index (κ2) is 9.16. The van der Waals surface area contributed by atoms with Crippen LogP contribution in [0.4, 0.5) is 9.52 Å². The van der Waals surface area contributed by atoms with Gasteiger partial charge < -0.3 is 15.0 Å². The Balaban J connectivity index is 1.56. The Labute approximate surface area is 161 Å². The van der Waals surface area contributed by atoms with Gasteiger partial charge >= 0.3 is 6.01 Å². The number of aromatic nitrogens is 3. The molecule has 8 nitrogen and oxygen atoms in total. The molecule has 2 aromatic heterocycles. The highest BCUT2D eigenvalue weighted by atomic mass is 32.1. The third-order valence-electron chi connectivity index (χ3n) is 4.14. The zero-order valence-corrected chi connectivity index (χ0v) is 16.2. The third kappa shape index (κ3) is 6.19. The highest BCUT2D eigenvalue weighted by Crippen LogP contribution is 2.21. The molecule has 3 rings (SSSR count). The van der Waals surface area contributed by atoms with E-state index in [1.54, 1.807) is 0 Å². The van der Waals surface area contributed by atoms with Crippen molar-refractivity contribution in [2.45, 2.75) is 13.5 Å². The van der Waals surface area contributed by atoms with Crippen molar-refractivity contribution < 1.29 is 13.9 Å². The van der Waals surface area contributed by atoms with Crippen molar-refractivity contribution in [1.29, 1.82) is 0 Å². The lowest BCUT2D eigenvalue weighted by molar-refractivity contribution is -0.114. The van der Waals surface area contributed by atoms with E-state index in [4.69, 9.17) is 4.74 Å². The van der Waals surface area contributed by atoms with Crippen molar-refractivity contribution in [3.05, 3.63) is 29.3 Å². The third-order valence-corrected chi connectivity index (χ3v) is 5.04. The first-order valence-corrected chi connectivity index (χ1v) is 9.53. The van der Waals surface area contributed by atoms with Crippen molar-refractivity contribution in [2.24, 2.45) is 5.92 Å². The summed E-state index contributed by atoms with van der Waals surface area (Å²) < 4.78 is 18.5. The highest BCUT2D eigenvalue weighted by molar-refractivity contribution is 7.15. The number of nitrogens with zero attached hydrogens (tertiary/aromatic N) is 5. The van der Waals surface area contributed by atoms with Crippen molar-refractivity contribution in [3.8, 4) is 6.01 Å². The molecule has 0 saturated carbocycles. The maximum absolute atomic E-state index is 12.9. The average Bonchev–Trinajstić information content (AvgIpc) is 2.96. The Morgan fingerprint density at radius 1 is 1.30 bits per heavy atom. The molecule has 1 saturated heterocycles. The molecule has 0 spiro atoms. The molecule has 1 atom stereocenters. The maximum Gasteiger partial charge on any atom is 0.316 e. The first-order chi connectivity index (χ1) is 13.0. The van der Waals surface area contributed by atoms with Crippen LogP contribution < -0.4 is 10.1 Å². The number of carbonyl (C=O) groups excluding carboxylic acids is 1. The number of carbonyl (C=O) groups is 1. The molecule has 27 heavy (non-hydrogen) atoms. The van der Waals surface area contributed by atoms with Gasteiger partial charge in [0.05, 0.1) is 19.0 Å². The first-order valence-electron chi connectivity index (χ1n) is 8.71. The lowest BCUT2D eigenvalue weighted by Gasteiger charge is -2.23. The Kier molecular flexibility index (Phi) is 6.64. The van der Waals surface area contributed by atoms with E-state index in [-0.39, 0.29) is 17.8 Å². The van der Waals surface area contributed by atoms with Crippen LogP contribution >= 0.6 is 11.3 Å². The fraction of sp³-hybridized carbons (Fsp3) is 0.529. The summed E-state index contributed by atoms with van der Waals surface area (Å²) in [5.74, 6) is -0.327. The van der Waals surface area contributed by atoms with E-state index < -0.39 is 5.82 Å². The van der Waals surface area contributed by atoms with Crippen LogP contribution in [0.5, 0.6) is 6.01 Å². The number of nitrogens with one attached hydrogen (secondary N) is 1. The van der Waals surface area contributed by atoms with Crippen LogP contribution in [0.15, 0.2) is 18.6 Å². The fourth-order valence-corrected chi connectivity index (χ4v) is 3.89. The van der Waals surface area contributed by atoms with E-state index in [1.165, 1.54) is 18.3 Å². The minimum absolute atomic E-state index is 0.118. The van der Waals surface area contributed by atoms with Gasteiger partial charge in [-0.3, -0.25) is 9.69 Å². The summed E-state index contributed by atoms with van der Waals surface area (Å²) in [5.41, 5.74) is 0. The van der Waals surface area contributed by atoms with Crippen LogP contribution in [0.25, 0.3) is 0 Å². The molecule has 1 aliphatic rings. The number of likely N-dealkylation sites (N-methyl/N-ethyl adjacent to an activating group) is 1. The molecular weight excluding hydrogens is 371 g/mol. The zero-order chi connectivity index (χ0) is 19.2. The molecule has 0 radical (unpaired) electrons. The van der Waals surface area contributed by atoms with Gasteiger partial charge in [0.1, 0.15) is 0 Å². The SMILES string of the molecule is CC(=O)Nc1ncc(CN2CCN(C)CC(COc3ncc(F)cn3)C2)s1. The molecule has 1 fully saturated rings. The second-order valence-corrected chi connectivity index (χ2v) is 7.79. The van der Waals surface area contributed by atoms with Gasteiger partial charge in [-0.05, 0) is 7.05 Å².